The van der Waals surface area contributed by atoms with Crippen LogP contribution in [0, 0.1) is 16.7 Å². The number of fused-ring (bicyclic) bond motifs is 1. The van der Waals surface area contributed by atoms with E-state index in [-0.39, 0.29) is 23.4 Å². The van der Waals surface area contributed by atoms with Crippen molar-refractivity contribution in [3.8, 4) is 0 Å². The lowest BCUT2D eigenvalue weighted by Gasteiger charge is -2.55. The van der Waals surface area contributed by atoms with Gasteiger partial charge in [-0.3, -0.25) is 4.79 Å². The van der Waals surface area contributed by atoms with Gasteiger partial charge >= 0.3 is 0 Å². The molecule has 0 amide bonds. The van der Waals surface area contributed by atoms with Crippen LogP contribution in [-0.4, -0.2) is 24.3 Å². The van der Waals surface area contributed by atoms with Crippen molar-refractivity contribution in [2.24, 2.45) is 16.7 Å². The SMILES string of the molecule is CC1(C)C(=O)C(C=O)C[C@]2(C)CC[C@H](Cc3ccccc3)O[C@@H]12. The molecule has 0 spiro atoms. The predicted octanol–water partition coefficient (Wildman–Crippen LogP) is 3.60. The number of ketones is 1. The van der Waals surface area contributed by atoms with Gasteiger partial charge in [0.1, 0.15) is 6.29 Å². The van der Waals surface area contributed by atoms with E-state index >= 15 is 0 Å². The molecule has 1 saturated heterocycles. The summed E-state index contributed by atoms with van der Waals surface area (Å²) in [5, 5.41) is 0. The zero-order valence-electron chi connectivity index (χ0n) is 14.2. The van der Waals surface area contributed by atoms with E-state index < -0.39 is 11.3 Å². The zero-order valence-corrected chi connectivity index (χ0v) is 14.2. The minimum Gasteiger partial charge on any atom is -0.373 e. The topological polar surface area (TPSA) is 43.4 Å². The largest absolute Gasteiger partial charge is 0.373 e. The molecule has 2 fully saturated rings. The second-order valence-electron chi connectivity index (χ2n) is 8.05. The molecule has 0 bridgehead atoms. The van der Waals surface area contributed by atoms with E-state index in [1.807, 2.05) is 32.0 Å². The van der Waals surface area contributed by atoms with Crippen LogP contribution in [0.4, 0.5) is 0 Å². The summed E-state index contributed by atoms with van der Waals surface area (Å²) in [7, 11) is 0. The van der Waals surface area contributed by atoms with Gasteiger partial charge in [-0.1, -0.05) is 51.1 Å². The van der Waals surface area contributed by atoms with Crippen molar-refractivity contribution in [3.63, 3.8) is 0 Å². The molecule has 4 atom stereocenters. The Morgan fingerprint density at radius 3 is 2.57 bits per heavy atom. The molecule has 3 heteroatoms. The summed E-state index contributed by atoms with van der Waals surface area (Å²) >= 11 is 0. The Balaban J connectivity index is 1.80. The quantitative estimate of drug-likeness (QED) is 0.632. The Hall–Kier alpha value is -1.48. The second-order valence-corrected chi connectivity index (χ2v) is 8.05. The van der Waals surface area contributed by atoms with Gasteiger partial charge in [-0.05, 0) is 36.7 Å². The van der Waals surface area contributed by atoms with Crippen molar-refractivity contribution < 1.29 is 14.3 Å². The Morgan fingerprint density at radius 2 is 1.91 bits per heavy atom. The molecule has 1 aromatic carbocycles. The van der Waals surface area contributed by atoms with Gasteiger partial charge in [0.15, 0.2) is 5.78 Å². The first-order valence-electron chi connectivity index (χ1n) is 8.56. The highest BCUT2D eigenvalue weighted by atomic mass is 16.5. The average molecular weight is 314 g/mol. The maximum absolute atomic E-state index is 12.6. The molecule has 0 N–H and O–H groups in total. The number of rotatable bonds is 3. The fraction of sp³-hybridized carbons (Fsp3) is 0.600. The predicted molar refractivity (Wildman–Crippen MR) is 89.1 cm³/mol. The van der Waals surface area contributed by atoms with Gasteiger partial charge < -0.3 is 9.53 Å². The molecule has 1 heterocycles. The number of carbonyl (C=O) groups excluding carboxylic acids is 2. The van der Waals surface area contributed by atoms with Crippen LogP contribution in [0.1, 0.15) is 45.6 Å². The first-order valence-corrected chi connectivity index (χ1v) is 8.56. The highest BCUT2D eigenvalue weighted by Crippen LogP contribution is 2.53. The number of hydrogen-bond donors (Lipinski definition) is 0. The summed E-state index contributed by atoms with van der Waals surface area (Å²) < 4.78 is 6.44. The molecule has 124 valence electrons. The summed E-state index contributed by atoms with van der Waals surface area (Å²) in [5.41, 5.74) is 0.580. The molecule has 1 aromatic rings. The van der Waals surface area contributed by atoms with Gasteiger partial charge in [-0.25, -0.2) is 0 Å². The molecule has 3 nitrogen and oxygen atoms in total. The molecular weight excluding hydrogens is 288 g/mol. The molecule has 0 radical (unpaired) electrons. The molecule has 2 aliphatic rings. The van der Waals surface area contributed by atoms with Crippen molar-refractivity contribution in [1.82, 2.24) is 0 Å². The van der Waals surface area contributed by atoms with Crippen molar-refractivity contribution in [2.45, 2.75) is 58.7 Å². The second kappa shape index (κ2) is 5.86. The van der Waals surface area contributed by atoms with Crippen LogP contribution in [0.2, 0.25) is 0 Å². The number of aldehydes is 1. The van der Waals surface area contributed by atoms with Gasteiger partial charge in [-0.15, -0.1) is 0 Å². The fourth-order valence-electron chi connectivity index (χ4n) is 4.64. The minimum absolute atomic E-state index is 0.0373. The number of ether oxygens (including phenoxy) is 1. The van der Waals surface area contributed by atoms with E-state index in [0.717, 1.165) is 25.5 Å². The maximum atomic E-state index is 12.6. The standard InChI is InChI=1S/C20H26O3/c1-19(2)17(22)15(13-21)12-20(3)10-9-16(23-18(19)20)11-14-7-5-4-6-8-14/h4-8,13,15-16,18H,9-12H2,1-3H3/t15?,16-,18+,20+/m1/s1. The first-order chi connectivity index (χ1) is 10.9. The van der Waals surface area contributed by atoms with E-state index in [2.05, 4.69) is 19.1 Å². The van der Waals surface area contributed by atoms with E-state index in [1.54, 1.807) is 0 Å². The third-order valence-corrected chi connectivity index (χ3v) is 5.78. The highest BCUT2D eigenvalue weighted by molar-refractivity contribution is 5.98. The van der Waals surface area contributed by atoms with Crippen LogP contribution in [0.15, 0.2) is 30.3 Å². The molecule has 1 unspecified atom stereocenters. The third kappa shape index (κ3) is 2.87. The molecule has 23 heavy (non-hydrogen) atoms. The van der Waals surface area contributed by atoms with E-state index in [4.69, 9.17) is 4.74 Å². The third-order valence-electron chi connectivity index (χ3n) is 5.78. The monoisotopic (exact) mass is 314 g/mol. The molecular formula is C20H26O3. The van der Waals surface area contributed by atoms with Gasteiger partial charge in [0.25, 0.3) is 0 Å². The summed E-state index contributed by atoms with van der Waals surface area (Å²) in [6, 6.07) is 10.4. The molecule has 3 rings (SSSR count). The van der Waals surface area contributed by atoms with Crippen molar-refractivity contribution in [2.75, 3.05) is 0 Å². The average Bonchev–Trinajstić information content (AvgIpc) is 2.54. The number of benzene rings is 1. The Labute approximate surface area is 138 Å². The Kier molecular flexibility index (Phi) is 4.18. The lowest BCUT2D eigenvalue weighted by molar-refractivity contribution is -0.199. The molecule has 0 aromatic heterocycles. The molecule has 1 saturated carbocycles. The lowest BCUT2D eigenvalue weighted by Crippen LogP contribution is -2.60. The normalized spacial score (nSPS) is 36.3. The van der Waals surface area contributed by atoms with Crippen LogP contribution in [0.5, 0.6) is 0 Å². The Morgan fingerprint density at radius 1 is 1.22 bits per heavy atom. The minimum atomic E-state index is -0.603. The van der Waals surface area contributed by atoms with E-state index in [1.165, 1.54) is 5.56 Å². The first kappa shape index (κ1) is 16.4. The van der Waals surface area contributed by atoms with Crippen LogP contribution < -0.4 is 0 Å². The van der Waals surface area contributed by atoms with Gasteiger partial charge in [0.2, 0.25) is 0 Å². The summed E-state index contributed by atoms with van der Waals surface area (Å²) in [6.07, 6.45) is 4.38. The van der Waals surface area contributed by atoms with Crippen LogP contribution in [-0.2, 0) is 20.7 Å². The number of carbonyl (C=O) groups is 2. The van der Waals surface area contributed by atoms with Gasteiger partial charge in [0, 0.05) is 0 Å². The van der Waals surface area contributed by atoms with Gasteiger partial charge in [0.05, 0.1) is 23.5 Å². The maximum Gasteiger partial charge on any atom is 0.151 e. The molecule has 1 aliphatic heterocycles. The fourth-order valence-corrected chi connectivity index (χ4v) is 4.64. The van der Waals surface area contributed by atoms with Crippen LogP contribution in [0.3, 0.4) is 0 Å². The zero-order chi connectivity index (χ0) is 16.7. The summed E-state index contributed by atoms with van der Waals surface area (Å²) in [4.78, 5) is 23.9. The van der Waals surface area contributed by atoms with Crippen LogP contribution in [0.25, 0.3) is 0 Å². The highest BCUT2D eigenvalue weighted by Gasteiger charge is 2.57. The van der Waals surface area contributed by atoms with E-state index in [9.17, 15) is 9.59 Å². The van der Waals surface area contributed by atoms with E-state index in [0.29, 0.717) is 6.42 Å². The van der Waals surface area contributed by atoms with Crippen molar-refractivity contribution in [1.29, 1.82) is 0 Å². The summed E-state index contributed by atoms with van der Waals surface area (Å²) in [5.74, 6) is -0.434. The Bertz CT molecular complexity index is 592. The number of hydrogen-bond acceptors (Lipinski definition) is 3. The van der Waals surface area contributed by atoms with Crippen LogP contribution >= 0.6 is 0 Å². The van der Waals surface area contributed by atoms with Crippen molar-refractivity contribution >= 4 is 12.1 Å². The summed E-state index contributed by atoms with van der Waals surface area (Å²) in [6.45, 7) is 6.07. The van der Waals surface area contributed by atoms with Crippen molar-refractivity contribution in [3.05, 3.63) is 35.9 Å². The molecule has 1 aliphatic carbocycles. The van der Waals surface area contributed by atoms with Gasteiger partial charge in [-0.2, -0.15) is 0 Å². The lowest BCUT2D eigenvalue weighted by atomic mass is 9.55. The number of Topliss-reactive ketones (excluding diaryl/α,β-unsaturated/α-hetero) is 1. The smallest absolute Gasteiger partial charge is 0.151 e.